The Morgan fingerprint density at radius 1 is 0.862 bits per heavy atom. The van der Waals surface area contributed by atoms with Gasteiger partial charge in [-0.3, -0.25) is 4.90 Å². The van der Waals surface area contributed by atoms with Crippen LogP contribution in [0.1, 0.15) is 17.2 Å². The molecule has 0 saturated heterocycles. The first-order valence-electron chi connectivity index (χ1n) is 9.22. The Morgan fingerprint density at radius 3 is 1.97 bits per heavy atom. The van der Waals surface area contributed by atoms with Crippen LogP contribution in [0.3, 0.4) is 0 Å². The predicted octanol–water partition coefficient (Wildman–Crippen LogP) is 5.13. The van der Waals surface area contributed by atoms with E-state index in [9.17, 15) is 0 Å². The highest BCUT2D eigenvalue weighted by molar-refractivity contribution is 7.71. The van der Waals surface area contributed by atoms with Gasteiger partial charge in [0.15, 0.2) is 0 Å². The normalized spacial score (nSPS) is 11.3. The van der Waals surface area contributed by atoms with E-state index in [1.165, 1.54) is 11.1 Å². The van der Waals surface area contributed by atoms with Crippen LogP contribution in [-0.4, -0.2) is 31.7 Å². The SMILES string of the molecule is CN(Cn1nnn(-c2ccc(Cl)cc2)c1=S)C(c1ccccc1)c1ccccc1. The van der Waals surface area contributed by atoms with Crippen LogP contribution in [0, 0.1) is 4.77 Å². The highest BCUT2D eigenvalue weighted by Crippen LogP contribution is 2.27. The summed E-state index contributed by atoms with van der Waals surface area (Å²) in [6, 6.07) is 28.3. The van der Waals surface area contributed by atoms with Crippen LogP contribution in [0.4, 0.5) is 0 Å². The van der Waals surface area contributed by atoms with Crippen molar-refractivity contribution in [1.82, 2.24) is 24.7 Å². The van der Waals surface area contributed by atoms with E-state index in [2.05, 4.69) is 70.9 Å². The third-order valence-corrected chi connectivity index (χ3v) is 5.37. The summed E-state index contributed by atoms with van der Waals surface area (Å²) in [7, 11) is 2.06. The average molecular weight is 422 g/mol. The maximum Gasteiger partial charge on any atom is 0.221 e. The molecular formula is C22H20ClN5S. The Bertz CT molecular complexity index is 1080. The number of hydrogen-bond donors (Lipinski definition) is 0. The Hall–Kier alpha value is -2.80. The van der Waals surface area contributed by atoms with Crippen LogP contribution in [0.5, 0.6) is 0 Å². The number of rotatable bonds is 6. The average Bonchev–Trinajstić information content (AvgIpc) is 3.10. The lowest BCUT2D eigenvalue weighted by atomic mass is 9.98. The lowest BCUT2D eigenvalue weighted by Crippen LogP contribution is -2.28. The van der Waals surface area contributed by atoms with E-state index in [1.807, 2.05) is 36.4 Å². The minimum absolute atomic E-state index is 0.0694. The number of tetrazole rings is 1. The molecule has 0 bridgehead atoms. The molecule has 146 valence electrons. The largest absolute Gasteiger partial charge is 0.276 e. The standard InChI is InChI=1S/C22H20ClN5S/c1-26(21(17-8-4-2-5-9-17)18-10-6-3-7-11-18)16-27-22(29)28(25-24-27)20-14-12-19(23)13-15-20/h2-15,21H,16H2,1H3. The monoisotopic (exact) mass is 421 g/mol. The van der Waals surface area contributed by atoms with Gasteiger partial charge in [0.25, 0.3) is 0 Å². The van der Waals surface area contributed by atoms with Crippen molar-refractivity contribution in [2.75, 3.05) is 7.05 Å². The predicted molar refractivity (Wildman–Crippen MR) is 118 cm³/mol. The molecule has 0 atom stereocenters. The molecule has 0 saturated carbocycles. The van der Waals surface area contributed by atoms with Crippen molar-refractivity contribution in [3.8, 4) is 5.69 Å². The minimum Gasteiger partial charge on any atom is -0.276 e. The van der Waals surface area contributed by atoms with Crippen LogP contribution in [0.2, 0.25) is 5.02 Å². The molecule has 5 nitrogen and oxygen atoms in total. The van der Waals surface area contributed by atoms with Crippen LogP contribution in [-0.2, 0) is 6.67 Å². The van der Waals surface area contributed by atoms with Crippen molar-refractivity contribution in [2.45, 2.75) is 12.7 Å². The summed E-state index contributed by atoms with van der Waals surface area (Å²) in [6.45, 7) is 0.501. The molecule has 0 fully saturated rings. The summed E-state index contributed by atoms with van der Waals surface area (Å²) < 4.78 is 3.89. The van der Waals surface area contributed by atoms with Gasteiger partial charge in [-0.05, 0) is 65.1 Å². The lowest BCUT2D eigenvalue weighted by Gasteiger charge is -2.28. The highest BCUT2D eigenvalue weighted by atomic mass is 35.5. The van der Waals surface area contributed by atoms with E-state index in [1.54, 1.807) is 9.36 Å². The summed E-state index contributed by atoms with van der Waals surface area (Å²) in [6.07, 6.45) is 0. The van der Waals surface area contributed by atoms with Gasteiger partial charge < -0.3 is 0 Å². The molecule has 0 spiro atoms. The van der Waals surface area contributed by atoms with Crippen molar-refractivity contribution in [3.63, 3.8) is 0 Å². The second-order valence-electron chi connectivity index (χ2n) is 6.77. The van der Waals surface area contributed by atoms with Gasteiger partial charge in [-0.2, -0.15) is 4.68 Å². The van der Waals surface area contributed by atoms with Crippen molar-refractivity contribution < 1.29 is 0 Å². The molecule has 0 N–H and O–H groups in total. The number of halogens is 1. The molecule has 0 amide bonds. The molecule has 1 heterocycles. The van der Waals surface area contributed by atoms with Crippen LogP contribution in [0.15, 0.2) is 84.9 Å². The van der Waals surface area contributed by atoms with Gasteiger partial charge in [0.2, 0.25) is 4.77 Å². The van der Waals surface area contributed by atoms with E-state index in [-0.39, 0.29) is 6.04 Å². The molecule has 3 aromatic carbocycles. The topological polar surface area (TPSA) is 38.9 Å². The molecule has 4 aromatic rings. The fraction of sp³-hybridized carbons (Fsp3) is 0.136. The molecule has 29 heavy (non-hydrogen) atoms. The smallest absolute Gasteiger partial charge is 0.221 e. The van der Waals surface area contributed by atoms with E-state index in [0.717, 1.165) is 5.69 Å². The van der Waals surface area contributed by atoms with Gasteiger partial charge in [-0.1, -0.05) is 72.3 Å². The summed E-state index contributed by atoms with van der Waals surface area (Å²) in [5, 5.41) is 9.17. The second-order valence-corrected chi connectivity index (χ2v) is 7.57. The summed E-state index contributed by atoms with van der Waals surface area (Å²) >= 11 is 11.6. The van der Waals surface area contributed by atoms with Crippen molar-refractivity contribution in [1.29, 1.82) is 0 Å². The molecular weight excluding hydrogens is 402 g/mol. The molecule has 0 radical (unpaired) electrons. The third kappa shape index (κ3) is 4.29. The van der Waals surface area contributed by atoms with Crippen LogP contribution < -0.4 is 0 Å². The Balaban J connectivity index is 1.64. The second kappa shape index (κ2) is 8.69. The maximum absolute atomic E-state index is 5.98. The first kappa shape index (κ1) is 19.5. The van der Waals surface area contributed by atoms with Crippen LogP contribution >= 0.6 is 23.8 Å². The van der Waals surface area contributed by atoms with E-state index >= 15 is 0 Å². The van der Waals surface area contributed by atoms with E-state index in [4.69, 9.17) is 23.8 Å². The Kier molecular flexibility index (Phi) is 5.85. The van der Waals surface area contributed by atoms with Gasteiger partial charge in [-0.25, -0.2) is 4.68 Å². The fourth-order valence-corrected chi connectivity index (χ4v) is 3.73. The van der Waals surface area contributed by atoms with Gasteiger partial charge in [0.05, 0.1) is 18.4 Å². The van der Waals surface area contributed by atoms with Crippen molar-refractivity contribution >= 4 is 23.8 Å². The number of nitrogens with zero attached hydrogens (tertiary/aromatic N) is 5. The minimum atomic E-state index is 0.0694. The van der Waals surface area contributed by atoms with E-state index < -0.39 is 0 Å². The first-order valence-corrected chi connectivity index (χ1v) is 10.0. The van der Waals surface area contributed by atoms with Gasteiger partial charge in [0, 0.05) is 5.02 Å². The summed E-state index contributed by atoms with van der Waals surface area (Å²) in [5.41, 5.74) is 3.24. The molecule has 0 aliphatic heterocycles. The van der Waals surface area contributed by atoms with Crippen molar-refractivity contribution in [3.05, 3.63) is 106 Å². The number of hydrogen-bond acceptors (Lipinski definition) is 4. The van der Waals surface area contributed by atoms with Crippen LogP contribution in [0.25, 0.3) is 5.69 Å². The van der Waals surface area contributed by atoms with Crippen molar-refractivity contribution in [2.24, 2.45) is 0 Å². The zero-order valence-electron chi connectivity index (χ0n) is 15.9. The quantitative estimate of drug-likeness (QED) is 0.404. The van der Waals surface area contributed by atoms with Gasteiger partial charge in [-0.15, -0.1) is 0 Å². The number of benzene rings is 3. The zero-order valence-corrected chi connectivity index (χ0v) is 17.5. The molecule has 4 rings (SSSR count). The van der Waals surface area contributed by atoms with Gasteiger partial charge >= 0.3 is 0 Å². The zero-order chi connectivity index (χ0) is 20.2. The highest BCUT2D eigenvalue weighted by Gasteiger charge is 2.20. The maximum atomic E-state index is 5.98. The number of aromatic nitrogens is 4. The van der Waals surface area contributed by atoms with E-state index in [0.29, 0.717) is 16.5 Å². The molecule has 0 aliphatic rings. The fourth-order valence-electron chi connectivity index (χ4n) is 3.37. The molecule has 0 aliphatic carbocycles. The van der Waals surface area contributed by atoms with Gasteiger partial charge in [0.1, 0.15) is 0 Å². The molecule has 7 heteroatoms. The lowest BCUT2D eigenvalue weighted by molar-refractivity contribution is 0.206. The molecule has 0 unspecified atom stereocenters. The Morgan fingerprint density at radius 2 is 1.41 bits per heavy atom. The Labute approximate surface area is 179 Å². The first-order chi connectivity index (χ1) is 14.1. The third-order valence-electron chi connectivity index (χ3n) is 4.74. The summed E-state index contributed by atoms with van der Waals surface area (Å²) in [4.78, 5) is 2.21. The summed E-state index contributed by atoms with van der Waals surface area (Å²) in [5.74, 6) is 0. The molecule has 1 aromatic heterocycles.